The second-order valence-electron chi connectivity index (χ2n) is 12.8. The summed E-state index contributed by atoms with van der Waals surface area (Å²) < 4.78 is 15.3. The van der Waals surface area contributed by atoms with Crippen molar-refractivity contribution in [3.8, 4) is 62.2 Å². The fourth-order valence-corrected chi connectivity index (χ4v) is 7.34. The van der Waals surface area contributed by atoms with Gasteiger partial charge in [-0.2, -0.15) is 0 Å². The van der Waals surface area contributed by atoms with Crippen LogP contribution in [0.4, 0.5) is 0 Å². The molecule has 0 aliphatic heterocycles. The lowest BCUT2D eigenvalue weighted by Crippen LogP contribution is -1.99. The van der Waals surface area contributed by atoms with Crippen molar-refractivity contribution < 1.29 is 8.83 Å². The van der Waals surface area contributed by atoms with Crippen molar-refractivity contribution in [3.05, 3.63) is 182 Å². The third-order valence-corrected chi connectivity index (χ3v) is 9.70. The molecule has 4 nitrogen and oxygen atoms in total. The Morgan fingerprint density at radius 3 is 1.78 bits per heavy atom. The fourth-order valence-electron chi connectivity index (χ4n) is 7.34. The molecule has 3 heterocycles. The van der Waals surface area contributed by atoms with Crippen LogP contribution in [0.1, 0.15) is 0 Å². The van der Waals surface area contributed by atoms with Crippen LogP contribution >= 0.6 is 0 Å². The van der Waals surface area contributed by atoms with Gasteiger partial charge in [-0.1, -0.05) is 140 Å². The van der Waals surface area contributed by atoms with E-state index in [0.717, 1.165) is 89.4 Å². The number of benzene rings is 7. The topological polar surface area (TPSA) is 44.1 Å². The lowest BCUT2D eigenvalue weighted by Gasteiger charge is -2.15. The van der Waals surface area contributed by atoms with Gasteiger partial charge in [0.05, 0.1) is 17.3 Å². The Kier molecular flexibility index (Phi) is 6.78. The number of rotatable bonds is 6. The molecule has 0 saturated heterocycles. The molecule has 0 saturated carbocycles. The SMILES string of the molecule is c1ccc(-c2cc(-c3c4ccccc4c(-c4ccc(-c5ccccc5)o4)c4nc(-c5ccc6ccccc6c5)n(-c5ccccc5)c34)co2)cc1. The third-order valence-electron chi connectivity index (χ3n) is 9.70. The number of imidazole rings is 1. The summed E-state index contributed by atoms with van der Waals surface area (Å²) in [6.07, 6.45) is 1.88. The lowest BCUT2D eigenvalue weighted by atomic mass is 9.92. The summed E-state index contributed by atoms with van der Waals surface area (Å²) in [6, 6.07) is 60.9. The van der Waals surface area contributed by atoms with E-state index in [0.29, 0.717) is 0 Å². The van der Waals surface area contributed by atoms with Crippen molar-refractivity contribution in [1.82, 2.24) is 9.55 Å². The maximum Gasteiger partial charge on any atom is 0.145 e. The third kappa shape index (κ3) is 4.88. The first-order chi connectivity index (χ1) is 25.3. The van der Waals surface area contributed by atoms with Gasteiger partial charge in [-0.3, -0.25) is 4.57 Å². The molecule has 3 aromatic heterocycles. The van der Waals surface area contributed by atoms with E-state index >= 15 is 0 Å². The Hall–Kier alpha value is -6.91. The monoisotopic (exact) mass is 654 g/mol. The highest BCUT2D eigenvalue weighted by atomic mass is 16.3. The van der Waals surface area contributed by atoms with E-state index in [-0.39, 0.29) is 0 Å². The average Bonchev–Trinajstić information content (AvgIpc) is 3.98. The van der Waals surface area contributed by atoms with Crippen LogP contribution in [0.2, 0.25) is 0 Å². The van der Waals surface area contributed by atoms with Crippen LogP contribution in [0.15, 0.2) is 191 Å². The van der Waals surface area contributed by atoms with Crippen LogP contribution in [0.5, 0.6) is 0 Å². The average molecular weight is 655 g/mol. The number of fused-ring (bicyclic) bond motifs is 3. The van der Waals surface area contributed by atoms with Crippen molar-refractivity contribution in [3.63, 3.8) is 0 Å². The van der Waals surface area contributed by atoms with Gasteiger partial charge in [-0.25, -0.2) is 4.98 Å². The molecule has 0 aliphatic carbocycles. The van der Waals surface area contributed by atoms with E-state index in [1.807, 2.05) is 42.7 Å². The maximum atomic E-state index is 6.73. The van der Waals surface area contributed by atoms with E-state index in [4.69, 9.17) is 13.8 Å². The van der Waals surface area contributed by atoms with E-state index < -0.39 is 0 Å². The largest absolute Gasteiger partial charge is 0.464 e. The summed E-state index contributed by atoms with van der Waals surface area (Å²) >= 11 is 0. The minimum Gasteiger partial charge on any atom is -0.464 e. The van der Waals surface area contributed by atoms with Gasteiger partial charge in [-0.05, 0) is 57.9 Å². The maximum absolute atomic E-state index is 6.73. The van der Waals surface area contributed by atoms with Crippen molar-refractivity contribution in [2.24, 2.45) is 0 Å². The normalized spacial score (nSPS) is 11.5. The zero-order valence-corrected chi connectivity index (χ0v) is 27.5. The highest BCUT2D eigenvalue weighted by Gasteiger charge is 2.27. The fraction of sp³-hybridized carbons (Fsp3) is 0. The van der Waals surface area contributed by atoms with Gasteiger partial charge in [0.1, 0.15) is 28.6 Å². The molecule has 0 N–H and O–H groups in total. The molecule has 0 amide bonds. The minimum absolute atomic E-state index is 0.765. The predicted molar refractivity (Wildman–Crippen MR) is 208 cm³/mol. The number of hydrogen-bond acceptors (Lipinski definition) is 3. The van der Waals surface area contributed by atoms with Gasteiger partial charge in [-0.15, -0.1) is 0 Å². The van der Waals surface area contributed by atoms with Crippen LogP contribution < -0.4 is 0 Å². The Balaban J connectivity index is 1.35. The number of para-hydroxylation sites is 1. The molecule has 10 rings (SSSR count). The van der Waals surface area contributed by atoms with Crippen LogP contribution in [0.25, 0.3) is 94.8 Å². The van der Waals surface area contributed by atoms with Gasteiger partial charge >= 0.3 is 0 Å². The Morgan fingerprint density at radius 2 is 1.04 bits per heavy atom. The van der Waals surface area contributed by atoms with Crippen molar-refractivity contribution in [2.75, 3.05) is 0 Å². The summed E-state index contributed by atoms with van der Waals surface area (Å²) in [6.45, 7) is 0. The second-order valence-corrected chi connectivity index (χ2v) is 12.8. The summed E-state index contributed by atoms with van der Waals surface area (Å²) in [7, 11) is 0. The zero-order valence-electron chi connectivity index (χ0n) is 27.5. The van der Waals surface area contributed by atoms with E-state index in [1.54, 1.807) is 0 Å². The van der Waals surface area contributed by atoms with E-state index in [2.05, 4.69) is 144 Å². The summed E-state index contributed by atoms with van der Waals surface area (Å²) in [5, 5.41) is 4.49. The number of furan rings is 2. The number of aromatic nitrogens is 2. The van der Waals surface area contributed by atoms with Gasteiger partial charge in [0.25, 0.3) is 0 Å². The van der Waals surface area contributed by atoms with Crippen molar-refractivity contribution >= 4 is 32.6 Å². The molecule has 0 unspecified atom stereocenters. The molecular formula is C47H30N2O2. The summed E-state index contributed by atoms with van der Waals surface area (Å²) in [4.78, 5) is 5.60. The van der Waals surface area contributed by atoms with Gasteiger partial charge in [0, 0.05) is 33.5 Å². The molecule has 0 spiro atoms. The Morgan fingerprint density at radius 1 is 0.431 bits per heavy atom. The van der Waals surface area contributed by atoms with Gasteiger partial charge in [0.2, 0.25) is 0 Å². The van der Waals surface area contributed by atoms with Crippen LogP contribution in [-0.2, 0) is 0 Å². The Bertz CT molecular complexity index is 2840. The first-order valence-corrected chi connectivity index (χ1v) is 17.1. The molecule has 10 aromatic rings. The molecule has 240 valence electrons. The second kappa shape index (κ2) is 11.9. The predicted octanol–water partition coefficient (Wildman–Crippen LogP) is 12.9. The summed E-state index contributed by atoms with van der Waals surface area (Å²) in [5.74, 6) is 3.24. The molecule has 0 bridgehead atoms. The quantitative estimate of drug-likeness (QED) is 0.179. The standard InChI is InChI=1S/C47H30N2O2/c1-4-15-32(16-5-1)40-26-27-41(51-40)44-39-23-13-12-22-38(39)43(36-29-42(50-30-36)33-17-6-2-7-18-33)46-45(44)48-47(49(46)37-20-8-3-9-21-37)35-25-24-31-14-10-11-19-34(31)28-35/h1-30H. The molecule has 0 atom stereocenters. The highest BCUT2D eigenvalue weighted by Crippen LogP contribution is 2.47. The first-order valence-electron chi connectivity index (χ1n) is 17.1. The zero-order chi connectivity index (χ0) is 33.7. The van der Waals surface area contributed by atoms with Crippen LogP contribution in [-0.4, -0.2) is 9.55 Å². The lowest BCUT2D eigenvalue weighted by molar-refractivity contribution is 0.583. The first kappa shape index (κ1) is 29.0. The molecule has 51 heavy (non-hydrogen) atoms. The van der Waals surface area contributed by atoms with E-state index in [9.17, 15) is 0 Å². The van der Waals surface area contributed by atoms with Crippen LogP contribution in [0.3, 0.4) is 0 Å². The van der Waals surface area contributed by atoms with Crippen LogP contribution in [0, 0.1) is 0 Å². The summed E-state index contributed by atoms with van der Waals surface area (Å²) in [5.41, 5.74) is 8.91. The van der Waals surface area contributed by atoms with Gasteiger partial charge in [0.15, 0.2) is 0 Å². The minimum atomic E-state index is 0.765. The van der Waals surface area contributed by atoms with Crippen molar-refractivity contribution in [2.45, 2.75) is 0 Å². The van der Waals surface area contributed by atoms with Crippen molar-refractivity contribution in [1.29, 1.82) is 0 Å². The molecule has 4 heteroatoms. The number of nitrogens with zero attached hydrogens (tertiary/aromatic N) is 2. The number of hydrogen-bond donors (Lipinski definition) is 0. The molecular weight excluding hydrogens is 625 g/mol. The molecule has 0 fully saturated rings. The smallest absolute Gasteiger partial charge is 0.145 e. The molecule has 0 radical (unpaired) electrons. The molecule has 7 aromatic carbocycles. The Labute approximate surface area is 294 Å². The van der Waals surface area contributed by atoms with E-state index in [1.165, 1.54) is 5.39 Å². The highest BCUT2D eigenvalue weighted by molar-refractivity contribution is 6.20. The van der Waals surface area contributed by atoms with Gasteiger partial charge < -0.3 is 8.83 Å². The molecule has 0 aliphatic rings.